The molecule has 21 heavy (non-hydrogen) atoms. The van der Waals surface area contributed by atoms with E-state index < -0.39 is 0 Å². The summed E-state index contributed by atoms with van der Waals surface area (Å²) in [6, 6.07) is 15.8. The van der Waals surface area contributed by atoms with E-state index in [9.17, 15) is 0 Å². The minimum absolute atomic E-state index is 0.453. The van der Waals surface area contributed by atoms with Crippen LogP contribution in [0.4, 0.5) is 0 Å². The molecule has 0 spiro atoms. The molecule has 0 amide bonds. The van der Waals surface area contributed by atoms with Gasteiger partial charge in [-0.2, -0.15) is 0 Å². The molecule has 0 saturated heterocycles. The van der Waals surface area contributed by atoms with Crippen molar-refractivity contribution in [1.82, 2.24) is 5.32 Å². The summed E-state index contributed by atoms with van der Waals surface area (Å²) < 4.78 is 0. The van der Waals surface area contributed by atoms with Gasteiger partial charge in [-0.3, -0.25) is 0 Å². The molecule has 1 heteroatoms. The molecule has 0 saturated carbocycles. The summed E-state index contributed by atoms with van der Waals surface area (Å²) >= 11 is 0. The summed E-state index contributed by atoms with van der Waals surface area (Å²) in [6.45, 7) is 6.64. The van der Waals surface area contributed by atoms with Crippen LogP contribution in [0.1, 0.15) is 46.7 Å². The van der Waals surface area contributed by atoms with Gasteiger partial charge in [0.2, 0.25) is 0 Å². The Morgan fingerprint density at radius 3 is 2.14 bits per heavy atom. The summed E-state index contributed by atoms with van der Waals surface area (Å²) in [5, 5.41) is 3.51. The first kappa shape index (κ1) is 15.8. The van der Waals surface area contributed by atoms with Gasteiger partial charge in [0, 0.05) is 6.04 Å². The zero-order valence-corrected chi connectivity index (χ0v) is 13.7. The molecule has 2 aromatic rings. The summed E-state index contributed by atoms with van der Waals surface area (Å²) in [7, 11) is 2.08. The van der Waals surface area contributed by atoms with Gasteiger partial charge in [-0.05, 0) is 69.3 Å². The van der Waals surface area contributed by atoms with Gasteiger partial charge in [0.1, 0.15) is 0 Å². The summed E-state index contributed by atoms with van der Waals surface area (Å²) in [5.41, 5.74) is 7.09. The lowest BCUT2D eigenvalue weighted by molar-refractivity contribution is 0.522. The average molecular weight is 281 g/mol. The highest BCUT2D eigenvalue weighted by atomic mass is 14.9. The van der Waals surface area contributed by atoms with Crippen molar-refractivity contribution in [1.29, 1.82) is 0 Å². The fourth-order valence-electron chi connectivity index (χ4n) is 3.33. The molecule has 0 aliphatic carbocycles. The van der Waals surface area contributed by atoms with Crippen LogP contribution in [0.3, 0.4) is 0 Å². The third kappa shape index (κ3) is 4.18. The Morgan fingerprint density at radius 2 is 1.57 bits per heavy atom. The Morgan fingerprint density at radius 1 is 0.952 bits per heavy atom. The number of aryl methyl sites for hydroxylation is 4. The van der Waals surface area contributed by atoms with Crippen LogP contribution in [0.5, 0.6) is 0 Å². The van der Waals surface area contributed by atoms with Crippen LogP contribution in [0, 0.1) is 20.8 Å². The van der Waals surface area contributed by atoms with E-state index in [1.807, 2.05) is 0 Å². The standard InChI is InChI=1S/C20H27N/c1-15-13-16(2)20(17(3)14-15)19(21-4)12-8-11-18-9-6-5-7-10-18/h5-7,9-10,13-14,19,21H,8,11-12H2,1-4H3. The second-order valence-electron chi connectivity index (χ2n) is 6.03. The van der Waals surface area contributed by atoms with Crippen molar-refractivity contribution in [2.75, 3.05) is 7.05 Å². The fourth-order valence-corrected chi connectivity index (χ4v) is 3.33. The molecular formula is C20H27N. The molecule has 0 aliphatic rings. The molecule has 2 aromatic carbocycles. The summed E-state index contributed by atoms with van der Waals surface area (Å²) in [4.78, 5) is 0. The Labute approximate surface area is 129 Å². The number of hydrogen-bond donors (Lipinski definition) is 1. The molecule has 0 aliphatic heterocycles. The predicted molar refractivity (Wildman–Crippen MR) is 91.8 cm³/mol. The van der Waals surface area contributed by atoms with Crippen molar-refractivity contribution in [3.05, 3.63) is 70.3 Å². The first-order valence-electron chi connectivity index (χ1n) is 7.90. The lowest BCUT2D eigenvalue weighted by atomic mass is 9.91. The van der Waals surface area contributed by atoms with E-state index in [0.717, 1.165) is 6.42 Å². The monoisotopic (exact) mass is 281 g/mol. The van der Waals surface area contributed by atoms with E-state index in [1.54, 1.807) is 0 Å². The minimum Gasteiger partial charge on any atom is -0.313 e. The molecule has 1 N–H and O–H groups in total. The SMILES string of the molecule is CNC(CCCc1ccccc1)c1c(C)cc(C)cc1C. The maximum Gasteiger partial charge on any atom is 0.0322 e. The Balaban J connectivity index is 2.03. The van der Waals surface area contributed by atoms with Gasteiger partial charge >= 0.3 is 0 Å². The van der Waals surface area contributed by atoms with Crippen molar-refractivity contribution < 1.29 is 0 Å². The van der Waals surface area contributed by atoms with Crippen LogP contribution < -0.4 is 5.32 Å². The van der Waals surface area contributed by atoms with Crippen molar-refractivity contribution in [2.24, 2.45) is 0 Å². The second kappa shape index (κ2) is 7.42. The second-order valence-corrected chi connectivity index (χ2v) is 6.03. The molecule has 0 bridgehead atoms. The van der Waals surface area contributed by atoms with Crippen LogP contribution in [-0.2, 0) is 6.42 Å². The summed E-state index contributed by atoms with van der Waals surface area (Å²) in [6.07, 6.45) is 3.54. The van der Waals surface area contributed by atoms with E-state index in [4.69, 9.17) is 0 Å². The highest BCUT2D eigenvalue weighted by molar-refractivity contribution is 5.39. The van der Waals surface area contributed by atoms with Crippen molar-refractivity contribution in [3.63, 3.8) is 0 Å². The highest BCUT2D eigenvalue weighted by Crippen LogP contribution is 2.27. The lowest BCUT2D eigenvalue weighted by Gasteiger charge is -2.22. The molecule has 1 atom stereocenters. The first-order chi connectivity index (χ1) is 10.1. The van der Waals surface area contributed by atoms with Crippen molar-refractivity contribution in [2.45, 2.75) is 46.1 Å². The topological polar surface area (TPSA) is 12.0 Å². The number of nitrogens with one attached hydrogen (secondary N) is 1. The smallest absolute Gasteiger partial charge is 0.0322 e. The highest BCUT2D eigenvalue weighted by Gasteiger charge is 2.14. The largest absolute Gasteiger partial charge is 0.313 e. The molecule has 0 heterocycles. The van der Waals surface area contributed by atoms with Gasteiger partial charge in [-0.15, -0.1) is 0 Å². The van der Waals surface area contributed by atoms with Gasteiger partial charge in [-0.25, -0.2) is 0 Å². The Bertz CT molecular complexity index is 549. The van der Waals surface area contributed by atoms with Crippen LogP contribution in [0.25, 0.3) is 0 Å². The van der Waals surface area contributed by atoms with Crippen LogP contribution in [-0.4, -0.2) is 7.05 Å². The van der Waals surface area contributed by atoms with Crippen LogP contribution in [0.15, 0.2) is 42.5 Å². The van der Waals surface area contributed by atoms with Gasteiger partial charge in [0.15, 0.2) is 0 Å². The molecule has 1 nitrogen and oxygen atoms in total. The molecular weight excluding hydrogens is 254 g/mol. The van der Waals surface area contributed by atoms with Gasteiger partial charge < -0.3 is 5.32 Å². The van der Waals surface area contributed by atoms with Gasteiger partial charge in [0.05, 0.1) is 0 Å². The molecule has 2 rings (SSSR count). The van der Waals surface area contributed by atoms with Crippen molar-refractivity contribution in [3.8, 4) is 0 Å². The maximum absolute atomic E-state index is 3.51. The van der Waals surface area contributed by atoms with E-state index >= 15 is 0 Å². The van der Waals surface area contributed by atoms with E-state index in [-0.39, 0.29) is 0 Å². The van der Waals surface area contributed by atoms with Gasteiger partial charge in [0.25, 0.3) is 0 Å². The molecule has 0 aromatic heterocycles. The third-order valence-electron chi connectivity index (χ3n) is 4.24. The molecule has 0 fully saturated rings. The molecule has 112 valence electrons. The summed E-state index contributed by atoms with van der Waals surface area (Å²) in [5.74, 6) is 0. The predicted octanol–water partition coefficient (Wildman–Crippen LogP) is 4.90. The minimum atomic E-state index is 0.453. The average Bonchev–Trinajstić information content (AvgIpc) is 2.45. The number of hydrogen-bond acceptors (Lipinski definition) is 1. The lowest BCUT2D eigenvalue weighted by Crippen LogP contribution is -2.19. The Hall–Kier alpha value is -1.60. The number of rotatable bonds is 6. The zero-order valence-electron chi connectivity index (χ0n) is 13.7. The first-order valence-corrected chi connectivity index (χ1v) is 7.90. The van der Waals surface area contributed by atoms with E-state index in [2.05, 4.69) is 75.6 Å². The van der Waals surface area contributed by atoms with E-state index in [0.29, 0.717) is 6.04 Å². The maximum atomic E-state index is 3.51. The quantitative estimate of drug-likeness (QED) is 0.794. The Kier molecular flexibility index (Phi) is 5.58. The van der Waals surface area contributed by atoms with Gasteiger partial charge in [-0.1, -0.05) is 48.0 Å². The molecule has 1 unspecified atom stereocenters. The normalized spacial score (nSPS) is 12.4. The van der Waals surface area contributed by atoms with Crippen LogP contribution in [0.2, 0.25) is 0 Å². The zero-order chi connectivity index (χ0) is 15.2. The number of benzene rings is 2. The fraction of sp³-hybridized carbons (Fsp3) is 0.400. The molecule has 0 radical (unpaired) electrons. The third-order valence-corrected chi connectivity index (χ3v) is 4.24. The van der Waals surface area contributed by atoms with Crippen molar-refractivity contribution >= 4 is 0 Å². The van der Waals surface area contributed by atoms with E-state index in [1.165, 1.54) is 40.7 Å². The van der Waals surface area contributed by atoms with Crippen LogP contribution >= 0.6 is 0 Å².